The third kappa shape index (κ3) is 3.45. The van der Waals surface area contributed by atoms with Crippen LogP contribution in [0.25, 0.3) is 11.1 Å². The molecule has 7 nitrogen and oxygen atoms in total. The molecule has 0 radical (unpaired) electrons. The number of hydrogen-bond acceptors (Lipinski definition) is 5. The Morgan fingerprint density at radius 2 is 1.56 bits per heavy atom. The minimum atomic E-state index is -1.13. The first-order chi connectivity index (χ1) is 15.5. The van der Waals surface area contributed by atoms with E-state index in [1.807, 2.05) is 24.3 Å². The van der Waals surface area contributed by atoms with E-state index in [0.29, 0.717) is 50.6 Å². The van der Waals surface area contributed by atoms with E-state index < -0.39 is 5.60 Å². The van der Waals surface area contributed by atoms with Gasteiger partial charge < -0.3 is 19.9 Å². The van der Waals surface area contributed by atoms with Gasteiger partial charge in [-0.15, -0.1) is 0 Å². The van der Waals surface area contributed by atoms with Crippen molar-refractivity contribution in [3.63, 3.8) is 0 Å². The van der Waals surface area contributed by atoms with Gasteiger partial charge in [-0.2, -0.15) is 0 Å². The van der Waals surface area contributed by atoms with Crippen LogP contribution in [-0.2, 0) is 11.3 Å². The van der Waals surface area contributed by atoms with Crippen LogP contribution in [0.15, 0.2) is 42.5 Å². The van der Waals surface area contributed by atoms with E-state index in [1.165, 1.54) is 24.1 Å². The zero-order valence-corrected chi connectivity index (χ0v) is 18.1. The number of amides is 2. The lowest BCUT2D eigenvalue weighted by atomic mass is 10.0. The quantitative estimate of drug-likeness (QED) is 0.774. The Bertz CT molecular complexity index is 1070. The number of carbonyl (C=O) groups excluding carboxylic acids is 2. The Balaban J connectivity index is 1.11. The van der Waals surface area contributed by atoms with Gasteiger partial charge in [-0.1, -0.05) is 18.2 Å². The number of nitrogens with one attached hydrogen (secondary N) is 1. The third-order valence-corrected chi connectivity index (χ3v) is 7.13. The number of hydrogen-bond donors (Lipinski definition) is 2. The maximum absolute atomic E-state index is 13.0. The highest BCUT2D eigenvalue weighted by molar-refractivity contribution is 5.95. The maximum Gasteiger partial charge on any atom is 0.254 e. The number of fused-ring (bicyclic) bond motifs is 1. The average molecular weight is 433 g/mol. The second kappa shape index (κ2) is 7.32. The first-order valence-corrected chi connectivity index (χ1v) is 11.6. The Hall–Kier alpha value is -2.90. The van der Waals surface area contributed by atoms with Crippen LogP contribution in [0, 0.1) is 0 Å². The minimum Gasteiger partial charge on any atom is -0.380 e. The van der Waals surface area contributed by atoms with E-state index in [9.17, 15) is 14.7 Å². The van der Waals surface area contributed by atoms with Crippen molar-refractivity contribution >= 4 is 17.5 Å². The number of piperazine rings is 1. The summed E-state index contributed by atoms with van der Waals surface area (Å²) in [6.07, 6.45) is 3.63. The smallest absolute Gasteiger partial charge is 0.254 e. The average Bonchev–Trinajstić information content (AvgIpc) is 3.77. The molecule has 6 rings (SSSR count). The predicted octanol–water partition coefficient (Wildman–Crippen LogP) is 2.15. The summed E-state index contributed by atoms with van der Waals surface area (Å²) in [4.78, 5) is 28.7. The lowest BCUT2D eigenvalue weighted by Gasteiger charge is -2.35. The van der Waals surface area contributed by atoms with Crippen LogP contribution in [0.2, 0.25) is 0 Å². The molecule has 2 N–H and O–H groups in total. The lowest BCUT2D eigenvalue weighted by Crippen LogP contribution is -2.53. The third-order valence-electron chi connectivity index (χ3n) is 7.13. The van der Waals surface area contributed by atoms with Crippen molar-refractivity contribution in [3.05, 3.63) is 53.6 Å². The molecule has 2 aromatic rings. The zero-order valence-electron chi connectivity index (χ0n) is 18.1. The van der Waals surface area contributed by atoms with Crippen LogP contribution >= 0.6 is 0 Å². The molecule has 3 fully saturated rings. The molecule has 0 spiro atoms. The molecule has 0 aromatic heterocycles. The second-order valence-electron chi connectivity index (χ2n) is 9.47. The van der Waals surface area contributed by atoms with Crippen LogP contribution in [0.3, 0.4) is 0 Å². The van der Waals surface area contributed by atoms with Crippen molar-refractivity contribution in [1.29, 1.82) is 0 Å². The molecule has 2 aromatic carbocycles. The fourth-order valence-corrected chi connectivity index (χ4v) is 4.78. The first-order valence-electron chi connectivity index (χ1n) is 11.6. The summed E-state index contributed by atoms with van der Waals surface area (Å²) in [6, 6.07) is 15.0. The summed E-state index contributed by atoms with van der Waals surface area (Å²) in [7, 11) is 0. The predicted molar refractivity (Wildman–Crippen MR) is 121 cm³/mol. The largest absolute Gasteiger partial charge is 0.380 e. The topological polar surface area (TPSA) is 76.1 Å². The van der Waals surface area contributed by atoms with Gasteiger partial charge in [0.05, 0.1) is 5.69 Å². The summed E-state index contributed by atoms with van der Waals surface area (Å²) >= 11 is 0. The van der Waals surface area contributed by atoms with Crippen molar-refractivity contribution in [2.45, 2.75) is 43.9 Å². The van der Waals surface area contributed by atoms with E-state index in [-0.39, 0.29) is 11.8 Å². The molecule has 2 aliphatic carbocycles. The fourth-order valence-electron chi connectivity index (χ4n) is 4.78. The molecule has 2 heterocycles. The molecule has 2 saturated carbocycles. The Morgan fingerprint density at radius 3 is 2.22 bits per heavy atom. The number of nitrogens with zero attached hydrogens (tertiary/aromatic N) is 3. The van der Waals surface area contributed by atoms with E-state index >= 15 is 0 Å². The van der Waals surface area contributed by atoms with Gasteiger partial charge in [0.25, 0.3) is 11.8 Å². The lowest BCUT2D eigenvalue weighted by molar-refractivity contribution is -0.143. The Labute approximate surface area is 187 Å². The van der Waals surface area contributed by atoms with Crippen molar-refractivity contribution in [1.82, 2.24) is 15.2 Å². The van der Waals surface area contributed by atoms with Crippen LogP contribution < -0.4 is 10.4 Å². The molecule has 0 atom stereocenters. The summed E-state index contributed by atoms with van der Waals surface area (Å²) in [6.45, 7) is 2.82. The number of carbonyl (C=O) groups is 2. The highest BCUT2D eigenvalue weighted by Crippen LogP contribution is 2.38. The molecule has 166 valence electrons. The maximum atomic E-state index is 13.0. The molecule has 7 heteroatoms. The van der Waals surface area contributed by atoms with Crippen molar-refractivity contribution < 1.29 is 14.7 Å². The van der Waals surface area contributed by atoms with Crippen LogP contribution in [0.4, 0.5) is 5.69 Å². The van der Waals surface area contributed by atoms with Crippen LogP contribution in [0.1, 0.15) is 41.6 Å². The van der Waals surface area contributed by atoms with Gasteiger partial charge in [0.1, 0.15) is 5.60 Å². The molecule has 2 amide bonds. The zero-order chi connectivity index (χ0) is 21.9. The van der Waals surface area contributed by atoms with Gasteiger partial charge in [0, 0.05) is 44.3 Å². The van der Waals surface area contributed by atoms with Gasteiger partial charge in [-0.25, -0.2) is 5.43 Å². The van der Waals surface area contributed by atoms with Crippen LogP contribution in [-0.4, -0.2) is 64.5 Å². The fraction of sp³-hybridized carbons (Fsp3) is 0.440. The summed E-state index contributed by atoms with van der Waals surface area (Å²) in [5, 5.41) is 12.3. The van der Waals surface area contributed by atoms with E-state index in [4.69, 9.17) is 0 Å². The van der Waals surface area contributed by atoms with E-state index in [2.05, 4.69) is 28.6 Å². The van der Waals surface area contributed by atoms with E-state index in [1.54, 1.807) is 9.80 Å². The van der Waals surface area contributed by atoms with E-state index in [0.717, 1.165) is 17.7 Å². The van der Waals surface area contributed by atoms with Crippen molar-refractivity contribution in [3.8, 4) is 11.1 Å². The first kappa shape index (κ1) is 19.8. The van der Waals surface area contributed by atoms with Gasteiger partial charge in [0.2, 0.25) is 0 Å². The van der Waals surface area contributed by atoms with Gasteiger partial charge in [-0.05, 0) is 66.6 Å². The number of benzene rings is 2. The molecule has 2 aliphatic heterocycles. The van der Waals surface area contributed by atoms with Crippen molar-refractivity contribution in [2.75, 3.05) is 31.2 Å². The molecular weight excluding hydrogens is 404 g/mol. The molecule has 1 saturated heterocycles. The molecule has 32 heavy (non-hydrogen) atoms. The van der Waals surface area contributed by atoms with Gasteiger partial charge in [-0.3, -0.25) is 9.59 Å². The minimum absolute atomic E-state index is 0.00740. The highest BCUT2D eigenvalue weighted by atomic mass is 16.3. The number of hydrazine groups is 1. The highest BCUT2D eigenvalue weighted by Gasteiger charge is 2.50. The standard InChI is InChI=1S/C25H28N4O3/c30-23(27-11-13-28(14-12-27)24(31)25(32)9-10-25)18-3-1-17(2-4-18)19-5-8-22-20(15-19)16-26-29(22)21-6-7-21/h1-5,8,15,21,26,32H,6-7,9-14,16H2. The Morgan fingerprint density at radius 1 is 0.906 bits per heavy atom. The molecule has 0 unspecified atom stereocenters. The number of anilines is 1. The SMILES string of the molecule is O=C(c1ccc(-c2ccc3c(c2)CNN3C2CC2)cc1)N1CCN(C(=O)C2(O)CC2)CC1. The number of aliphatic hydroxyl groups is 1. The monoisotopic (exact) mass is 432 g/mol. The van der Waals surface area contributed by atoms with Crippen LogP contribution in [0.5, 0.6) is 0 Å². The normalized spacial score (nSPS) is 21.5. The van der Waals surface area contributed by atoms with Crippen molar-refractivity contribution in [2.24, 2.45) is 0 Å². The summed E-state index contributed by atoms with van der Waals surface area (Å²) in [5.74, 6) is -0.189. The summed E-state index contributed by atoms with van der Waals surface area (Å²) < 4.78 is 0. The second-order valence-corrected chi connectivity index (χ2v) is 9.47. The molecular formula is C25H28N4O3. The van der Waals surface area contributed by atoms with Gasteiger partial charge >= 0.3 is 0 Å². The number of rotatable bonds is 4. The summed E-state index contributed by atoms with van der Waals surface area (Å²) in [5.41, 5.74) is 7.88. The molecule has 4 aliphatic rings. The molecule has 0 bridgehead atoms. The Kier molecular flexibility index (Phi) is 4.52. The van der Waals surface area contributed by atoms with Gasteiger partial charge in [0.15, 0.2) is 0 Å².